The maximum atomic E-state index is 12.6. The Kier molecular flexibility index (Phi) is 7.68. The Morgan fingerprint density at radius 2 is 1.60 bits per heavy atom. The molecule has 182 valence electrons. The summed E-state index contributed by atoms with van der Waals surface area (Å²) in [6.45, 7) is 1.82. The molecule has 2 aromatic carbocycles. The van der Waals surface area contributed by atoms with Crippen LogP contribution in [-0.4, -0.2) is 33.0 Å². The SMILES string of the molecule is COc1cc(OC)c2cc(C(=O)c3cc[n+](C)cc3)c(=O)oc2c1.Cc1ccc(S(=O)(=O)[O-])cc1. The highest BCUT2D eigenvalue weighted by Gasteiger charge is 2.19. The smallest absolute Gasteiger partial charge is 0.347 e. The molecule has 4 aromatic rings. The number of methoxy groups -OCH3 is 2. The number of fused-ring (bicyclic) bond motifs is 1. The van der Waals surface area contributed by atoms with Crippen LogP contribution in [0.5, 0.6) is 11.5 Å². The number of nitrogens with zero attached hydrogens (tertiary/aromatic N) is 1. The molecule has 0 unspecified atom stereocenters. The summed E-state index contributed by atoms with van der Waals surface area (Å²) < 4.78 is 48.7. The molecular formula is C25H23NO8S. The molecule has 35 heavy (non-hydrogen) atoms. The summed E-state index contributed by atoms with van der Waals surface area (Å²) in [5, 5.41) is 0.530. The van der Waals surface area contributed by atoms with Gasteiger partial charge in [0.1, 0.15) is 39.8 Å². The maximum Gasteiger partial charge on any atom is 0.347 e. The third-order valence-electron chi connectivity index (χ3n) is 5.04. The number of hydrogen-bond acceptors (Lipinski definition) is 8. The number of aromatic nitrogens is 1. The lowest BCUT2D eigenvalue weighted by Gasteiger charge is -2.08. The highest BCUT2D eigenvalue weighted by atomic mass is 32.2. The molecule has 2 heterocycles. The molecule has 0 aliphatic carbocycles. The molecule has 0 aliphatic heterocycles. The first-order chi connectivity index (χ1) is 16.5. The van der Waals surface area contributed by atoms with Gasteiger partial charge in [0.25, 0.3) is 0 Å². The molecule has 0 spiro atoms. The van der Waals surface area contributed by atoms with Crippen LogP contribution >= 0.6 is 0 Å². The van der Waals surface area contributed by atoms with Crippen LogP contribution in [0.25, 0.3) is 11.0 Å². The zero-order chi connectivity index (χ0) is 25.8. The predicted octanol–water partition coefficient (Wildman–Crippen LogP) is 2.76. The lowest BCUT2D eigenvalue weighted by molar-refractivity contribution is -0.671. The molecule has 10 heteroatoms. The minimum atomic E-state index is -4.27. The summed E-state index contributed by atoms with van der Waals surface area (Å²) in [5.74, 6) is 0.558. The summed E-state index contributed by atoms with van der Waals surface area (Å²) in [5.41, 5.74) is 0.896. The van der Waals surface area contributed by atoms with Crippen molar-refractivity contribution in [2.75, 3.05) is 14.2 Å². The number of carbonyl (C=O) groups is 1. The summed E-state index contributed by atoms with van der Waals surface area (Å²) in [6, 6.07) is 13.8. The Bertz CT molecular complexity index is 1520. The van der Waals surface area contributed by atoms with Gasteiger partial charge in [-0.3, -0.25) is 4.79 Å². The van der Waals surface area contributed by atoms with Gasteiger partial charge < -0.3 is 18.4 Å². The molecule has 0 atom stereocenters. The minimum absolute atomic E-state index is 0.0418. The van der Waals surface area contributed by atoms with E-state index in [1.165, 1.54) is 32.4 Å². The summed E-state index contributed by atoms with van der Waals surface area (Å²) in [6.07, 6.45) is 3.47. The van der Waals surface area contributed by atoms with Crippen LogP contribution in [0.1, 0.15) is 21.5 Å². The van der Waals surface area contributed by atoms with E-state index in [0.717, 1.165) is 5.56 Å². The van der Waals surface area contributed by atoms with Crippen molar-refractivity contribution in [3.05, 3.63) is 94.1 Å². The largest absolute Gasteiger partial charge is 0.744 e. The van der Waals surface area contributed by atoms with Crippen molar-refractivity contribution in [1.82, 2.24) is 0 Å². The molecular weight excluding hydrogens is 474 g/mol. The Balaban J connectivity index is 0.000000261. The molecule has 2 aromatic heterocycles. The van der Waals surface area contributed by atoms with Crippen molar-refractivity contribution in [3.63, 3.8) is 0 Å². The third kappa shape index (κ3) is 6.11. The number of benzene rings is 2. The second-order valence-corrected chi connectivity index (χ2v) is 8.92. The van der Waals surface area contributed by atoms with E-state index >= 15 is 0 Å². The Hall–Kier alpha value is -4.02. The Morgan fingerprint density at radius 1 is 0.971 bits per heavy atom. The van der Waals surface area contributed by atoms with Gasteiger partial charge in [-0.2, -0.15) is 0 Å². The fourth-order valence-electron chi connectivity index (χ4n) is 3.12. The zero-order valence-electron chi connectivity index (χ0n) is 19.5. The van der Waals surface area contributed by atoms with Gasteiger partial charge in [0, 0.05) is 29.8 Å². The fraction of sp³-hybridized carbons (Fsp3) is 0.160. The molecule has 0 fully saturated rings. The lowest BCUT2D eigenvalue weighted by Crippen LogP contribution is -2.26. The molecule has 0 N–H and O–H groups in total. The molecule has 4 rings (SSSR count). The van der Waals surface area contributed by atoms with Crippen molar-refractivity contribution < 1.29 is 36.2 Å². The van der Waals surface area contributed by atoms with Crippen LogP contribution in [0.15, 0.2) is 81.1 Å². The van der Waals surface area contributed by atoms with Crippen LogP contribution in [-0.2, 0) is 17.2 Å². The van der Waals surface area contributed by atoms with E-state index in [9.17, 15) is 22.6 Å². The zero-order valence-corrected chi connectivity index (χ0v) is 20.3. The number of pyridine rings is 1. The number of ketones is 1. The first-order valence-corrected chi connectivity index (χ1v) is 11.7. The standard InChI is InChI=1S/C18H16NO5.C7H8O3S/c1-19-6-4-11(5-7-19)17(20)14-10-13-15(23-3)8-12(22-2)9-16(13)24-18(14)21;1-6-2-4-7(5-3-6)11(8,9)10/h4-10H,1-3H3;2-5H,1H3,(H,8,9,10)/q+1;/p-1. The molecule has 0 aliphatic rings. The number of aryl methyl sites for hydroxylation is 2. The van der Waals surface area contributed by atoms with E-state index in [1.807, 2.05) is 14.0 Å². The average Bonchev–Trinajstić information content (AvgIpc) is 2.83. The maximum absolute atomic E-state index is 12.6. The number of ether oxygens (including phenoxy) is 2. The minimum Gasteiger partial charge on any atom is -0.744 e. The Labute approximate surface area is 201 Å². The van der Waals surface area contributed by atoms with E-state index in [2.05, 4.69) is 0 Å². The van der Waals surface area contributed by atoms with Gasteiger partial charge in [0.05, 0.1) is 24.5 Å². The first-order valence-electron chi connectivity index (χ1n) is 10.3. The number of carbonyl (C=O) groups excluding carboxylic acids is 1. The van der Waals surface area contributed by atoms with Crippen molar-refractivity contribution in [2.45, 2.75) is 11.8 Å². The van der Waals surface area contributed by atoms with Gasteiger partial charge >= 0.3 is 5.63 Å². The topological polar surface area (TPSA) is 127 Å². The molecule has 0 bridgehead atoms. The molecule has 0 saturated heterocycles. The van der Waals surface area contributed by atoms with Gasteiger partial charge in [0.15, 0.2) is 12.4 Å². The number of hydrogen-bond donors (Lipinski definition) is 0. The van der Waals surface area contributed by atoms with Crippen molar-refractivity contribution in [2.24, 2.45) is 7.05 Å². The van der Waals surface area contributed by atoms with Gasteiger partial charge in [-0.25, -0.2) is 17.8 Å². The lowest BCUT2D eigenvalue weighted by atomic mass is 10.0. The van der Waals surface area contributed by atoms with Crippen LogP contribution in [0, 0.1) is 6.92 Å². The molecule has 0 saturated carbocycles. The normalized spacial score (nSPS) is 10.9. The molecule has 0 radical (unpaired) electrons. The monoisotopic (exact) mass is 497 g/mol. The number of rotatable bonds is 5. The Morgan fingerprint density at radius 3 is 2.14 bits per heavy atom. The fourth-order valence-corrected chi connectivity index (χ4v) is 3.59. The summed E-state index contributed by atoms with van der Waals surface area (Å²) in [7, 11) is 0.579. The van der Waals surface area contributed by atoms with Crippen molar-refractivity contribution in [1.29, 1.82) is 0 Å². The average molecular weight is 498 g/mol. The van der Waals surface area contributed by atoms with E-state index < -0.39 is 21.5 Å². The van der Waals surface area contributed by atoms with Crippen LogP contribution in [0.3, 0.4) is 0 Å². The molecule has 9 nitrogen and oxygen atoms in total. The van der Waals surface area contributed by atoms with E-state index in [-0.39, 0.29) is 10.5 Å². The summed E-state index contributed by atoms with van der Waals surface area (Å²) in [4.78, 5) is 24.7. The second-order valence-electron chi connectivity index (χ2n) is 7.54. The highest BCUT2D eigenvalue weighted by Crippen LogP contribution is 2.31. The van der Waals surface area contributed by atoms with Crippen LogP contribution in [0.2, 0.25) is 0 Å². The third-order valence-corrected chi connectivity index (χ3v) is 5.89. The van der Waals surface area contributed by atoms with Gasteiger partial charge in [-0.05, 0) is 25.1 Å². The predicted molar refractivity (Wildman–Crippen MR) is 126 cm³/mol. The second kappa shape index (κ2) is 10.5. The molecule has 0 amide bonds. The van der Waals surface area contributed by atoms with E-state index in [4.69, 9.17) is 13.9 Å². The summed E-state index contributed by atoms with van der Waals surface area (Å²) >= 11 is 0. The van der Waals surface area contributed by atoms with Gasteiger partial charge in [-0.1, -0.05) is 17.7 Å². The highest BCUT2D eigenvalue weighted by molar-refractivity contribution is 7.85. The van der Waals surface area contributed by atoms with Crippen molar-refractivity contribution in [3.8, 4) is 11.5 Å². The van der Waals surface area contributed by atoms with Crippen LogP contribution < -0.4 is 19.7 Å². The first kappa shape index (κ1) is 25.6. The van der Waals surface area contributed by atoms with E-state index in [0.29, 0.717) is 28.0 Å². The van der Waals surface area contributed by atoms with Crippen molar-refractivity contribution >= 4 is 26.9 Å². The van der Waals surface area contributed by atoms with Crippen LogP contribution in [0.4, 0.5) is 0 Å². The van der Waals surface area contributed by atoms with E-state index in [1.54, 1.807) is 53.4 Å². The quantitative estimate of drug-likeness (QED) is 0.178. The van der Waals surface area contributed by atoms with Gasteiger partial charge in [-0.15, -0.1) is 0 Å². The van der Waals surface area contributed by atoms with Gasteiger partial charge in [0.2, 0.25) is 5.78 Å².